The third-order valence-electron chi connectivity index (χ3n) is 3.10. The molecule has 3 nitrogen and oxygen atoms in total. The number of hydrogen-bond donors (Lipinski definition) is 1. The van der Waals surface area contributed by atoms with Gasteiger partial charge in [0.25, 0.3) is 0 Å². The van der Waals surface area contributed by atoms with Crippen LogP contribution in [0.4, 0.5) is 5.69 Å². The van der Waals surface area contributed by atoms with E-state index in [1.54, 1.807) is 0 Å². The van der Waals surface area contributed by atoms with Gasteiger partial charge in [-0.05, 0) is 17.5 Å². The normalized spacial score (nSPS) is 20.6. The number of benzene rings is 1. The van der Waals surface area contributed by atoms with Crippen LogP contribution in [0.2, 0.25) is 5.02 Å². The molecule has 1 aliphatic heterocycles. The highest BCUT2D eigenvalue weighted by molar-refractivity contribution is 6.33. The maximum atomic E-state index is 6.23. The van der Waals surface area contributed by atoms with Crippen LogP contribution in [-0.4, -0.2) is 18.5 Å². The Morgan fingerprint density at radius 2 is 2.00 bits per heavy atom. The third kappa shape index (κ3) is 2.25. The standard InChI is InChI=1S/C13H18ClN3/c1-13(2,3)11-8-16-12(15)17(11)10-7-5-4-6-9(10)14/h4-7,11H,8H2,1-3H3,(H2,15,16). The molecule has 1 aromatic rings. The largest absolute Gasteiger partial charge is 0.370 e. The minimum Gasteiger partial charge on any atom is -0.370 e. The summed E-state index contributed by atoms with van der Waals surface area (Å²) in [5.74, 6) is 0.554. The molecule has 0 radical (unpaired) electrons. The number of nitrogens with two attached hydrogens (primary N) is 1. The summed E-state index contributed by atoms with van der Waals surface area (Å²) < 4.78 is 0. The van der Waals surface area contributed by atoms with Crippen LogP contribution < -0.4 is 10.6 Å². The van der Waals surface area contributed by atoms with Crippen LogP contribution in [0.5, 0.6) is 0 Å². The first kappa shape index (κ1) is 12.2. The van der Waals surface area contributed by atoms with Crippen LogP contribution in [0, 0.1) is 5.41 Å². The van der Waals surface area contributed by atoms with Gasteiger partial charge in [-0.15, -0.1) is 0 Å². The van der Waals surface area contributed by atoms with E-state index in [-0.39, 0.29) is 11.5 Å². The van der Waals surface area contributed by atoms with Crippen molar-refractivity contribution in [3.8, 4) is 0 Å². The molecule has 0 bridgehead atoms. The lowest BCUT2D eigenvalue weighted by molar-refractivity contribution is 0.336. The van der Waals surface area contributed by atoms with Crippen molar-refractivity contribution in [1.29, 1.82) is 0 Å². The highest BCUT2D eigenvalue weighted by atomic mass is 35.5. The molecule has 0 spiro atoms. The summed E-state index contributed by atoms with van der Waals surface area (Å²) in [7, 11) is 0. The Morgan fingerprint density at radius 1 is 1.35 bits per heavy atom. The zero-order chi connectivity index (χ0) is 12.6. The Labute approximate surface area is 107 Å². The lowest BCUT2D eigenvalue weighted by atomic mass is 9.86. The van der Waals surface area contributed by atoms with Crippen molar-refractivity contribution in [3.63, 3.8) is 0 Å². The van der Waals surface area contributed by atoms with E-state index >= 15 is 0 Å². The number of guanidine groups is 1. The molecule has 4 heteroatoms. The van der Waals surface area contributed by atoms with Crippen molar-refractivity contribution < 1.29 is 0 Å². The topological polar surface area (TPSA) is 41.6 Å². The van der Waals surface area contributed by atoms with E-state index in [2.05, 4.69) is 25.8 Å². The van der Waals surface area contributed by atoms with E-state index in [0.717, 1.165) is 12.2 Å². The second-order valence-corrected chi connectivity index (χ2v) is 5.81. The van der Waals surface area contributed by atoms with Crippen molar-refractivity contribution in [2.45, 2.75) is 26.8 Å². The van der Waals surface area contributed by atoms with E-state index in [9.17, 15) is 0 Å². The van der Waals surface area contributed by atoms with Gasteiger partial charge in [-0.1, -0.05) is 44.5 Å². The Kier molecular flexibility index (Phi) is 3.04. The van der Waals surface area contributed by atoms with Gasteiger partial charge in [0.05, 0.1) is 23.3 Å². The summed E-state index contributed by atoms with van der Waals surface area (Å²) in [5, 5.41) is 0.710. The SMILES string of the molecule is CC(C)(C)C1CN=C(N)N1c1ccccc1Cl. The fourth-order valence-electron chi connectivity index (χ4n) is 2.10. The molecule has 2 rings (SSSR count). The molecule has 0 aliphatic carbocycles. The zero-order valence-corrected chi connectivity index (χ0v) is 11.2. The molecule has 1 aliphatic rings. The Morgan fingerprint density at radius 3 is 2.59 bits per heavy atom. The molecule has 1 unspecified atom stereocenters. The molecule has 0 aromatic heterocycles. The lowest BCUT2D eigenvalue weighted by Crippen LogP contribution is -2.47. The monoisotopic (exact) mass is 251 g/mol. The van der Waals surface area contributed by atoms with Gasteiger partial charge in [-0.3, -0.25) is 4.99 Å². The molecule has 0 saturated carbocycles. The van der Waals surface area contributed by atoms with Gasteiger partial charge in [0.1, 0.15) is 0 Å². The van der Waals surface area contributed by atoms with Gasteiger partial charge >= 0.3 is 0 Å². The van der Waals surface area contributed by atoms with E-state index in [4.69, 9.17) is 17.3 Å². The van der Waals surface area contributed by atoms with Crippen molar-refractivity contribution in [3.05, 3.63) is 29.3 Å². The highest BCUT2D eigenvalue weighted by Gasteiger charge is 2.36. The smallest absolute Gasteiger partial charge is 0.196 e. The minimum atomic E-state index is 0.101. The Balaban J connectivity index is 2.42. The molecule has 92 valence electrons. The number of halogens is 1. The fourth-order valence-corrected chi connectivity index (χ4v) is 2.32. The van der Waals surface area contributed by atoms with Crippen LogP contribution >= 0.6 is 11.6 Å². The van der Waals surface area contributed by atoms with Gasteiger partial charge < -0.3 is 10.6 Å². The Bertz CT molecular complexity index is 448. The van der Waals surface area contributed by atoms with E-state index in [0.29, 0.717) is 11.0 Å². The highest BCUT2D eigenvalue weighted by Crippen LogP contribution is 2.35. The second-order valence-electron chi connectivity index (χ2n) is 5.40. The molecule has 1 heterocycles. The van der Waals surface area contributed by atoms with E-state index in [1.165, 1.54) is 0 Å². The van der Waals surface area contributed by atoms with Gasteiger partial charge in [0, 0.05) is 0 Å². The predicted molar refractivity (Wildman–Crippen MR) is 73.7 cm³/mol. The van der Waals surface area contributed by atoms with E-state index in [1.807, 2.05) is 29.2 Å². The summed E-state index contributed by atoms with van der Waals surface area (Å²) in [6, 6.07) is 7.99. The average molecular weight is 252 g/mol. The number of para-hydroxylation sites is 1. The van der Waals surface area contributed by atoms with Crippen molar-refractivity contribution >= 4 is 23.2 Å². The van der Waals surface area contributed by atoms with Crippen LogP contribution in [-0.2, 0) is 0 Å². The number of anilines is 1. The van der Waals surface area contributed by atoms with Crippen molar-refractivity contribution in [2.24, 2.45) is 16.1 Å². The average Bonchev–Trinajstić information content (AvgIpc) is 2.60. The van der Waals surface area contributed by atoms with Crippen LogP contribution in [0.3, 0.4) is 0 Å². The van der Waals surface area contributed by atoms with Gasteiger partial charge in [0.15, 0.2) is 5.96 Å². The number of aliphatic imine (C=N–C) groups is 1. The first-order valence-corrected chi connectivity index (χ1v) is 6.13. The zero-order valence-electron chi connectivity index (χ0n) is 10.4. The molecule has 2 N–H and O–H groups in total. The third-order valence-corrected chi connectivity index (χ3v) is 3.42. The maximum absolute atomic E-state index is 6.23. The van der Waals surface area contributed by atoms with Gasteiger partial charge in [0.2, 0.25) is 0 Å². The summed E-state index contributed by atoms with van der Waals surface area (Å²) in [5.41, 5.74) is 7.02. The molecule has 1 aromatic carbocycles. The summed E-state index contributed by atoms with van der Waals surface area (Å²) in [6.07, 6.45) is 0. The lowest BCUT2D eigenvalue weighted by Gasteiger charge is -2.36. The number of hydrogen-bond acceptors (Lipinski definition) is 3. The predicted octanol–water partition coefficient (Wildman–Crippen LogP) is 2.89. The summed E-state index contributed by atoms with van der Waals surface area (Å²) in [4.78, 5) is 6.39. The summed E-state index contributed by atoms with van der Waals surface area (Å²) in [6.45, 7) is 7.29. The first-order chi connectivity index (χ1) is 7.91. The summed E-state index contributed by atoms with van der Waals surface area (Å²) >= 11 is 6.23. The molecule has 0 saturated heterocycles. The van der Waals surface area contributed by atoms with Crippen molar-refractivity contribution in [1.82, 2.24) is 0 Å². The maximum Gasteiger partial charge on any atom is 0.196 e. The molecule has 1 atom stereocenters. The van der Waals surface area contributed by atoms with Gasteiger partial charge in [-0.25, -0.2) is 0 Å². The molecule has 0 amide bonds. The molecule has 0 fully saturated rings. The number of rotatable bonds is 1. The first-order valence-electron chi connectivity index (χ1n) is 5.75. The quantitative estimate of drug-likeness (QED) is 0.834. The number of nitrogens with zero attached hydrogens (tertiary/aromatic N) is 2. The molecular weight excluding hydrogens is 234 g/mol. The van der Waals surface area contributed by atoms with E-state index < -0.39 is 0 Å². The van der Waals surface area contributed by atoms with Gasteiger partial charge in [-0.2, -0.15) is 0 Å². The minimum absolute atomic E-state index is 0.101. The second kappa shape index (κ2) is 4.22. The van der Waals surface area contributed by atoms with Crippen LogP contribution in [0.25, 0.3) is 0 Å². The van der Waals surface area contributed by atoms with Crippen LogP contribution in [0.1, 0.15) is 20.8 Å². The molecule has 17 heavy (non-hydrogen) atoms. The fraction of sp³-hybridized carbons (Fsp3) is 0.462. The Hall–Kier alpha value is -1.22. The van der Waals surface area contributed by atoms with Crippen LogP contribution in [0.15, 0.2) is 29.3 Å². The molecular formula is C13H18ClN3. The van der Waals surface area contributed by atoms with Crippen molar-refractivity contribution in [2.75, 3.05) is 11.4 Å².